The largest absolute Gasteiger partial charge is 0.492 e. The van der Waals surface area contributed by atoms with Crippen LogP contribution in [0.5, 0.6) is 5.75 Å². The average Bonchev–Trinajstić information content (AvgIpc) is 2.90. The molecule has 3 aromatic carbocycles. The van der Waals surface area contributed by atoms with Gasteiger partial charge in [-0.2, -0.15) is 0 Å². The smallest absolute Gasteiger partial charge is 0.244 e. The van der Waals surface area contributed by atoms with Crippen molar-refractivity contribution in [3.63, 3.8) is 0 Å². The van der Waals surface area contributed by atoms with E-state index >= 15 is 0 Å². The predicted octanol–water partition coefficient (Wildman–Crippen LogP) is 4.16. The van der Waals surface area contributed by atoms with Crippen molar-refractivity contribution in [1.29, 1.82) is 0 Å². The Morgan fingerprint density at radius 1 is 0.925 bits per heavy atom. The van der Waals surface area contributed by atoms with Crippen molar-refractivity contribution >= 4 is 27.5 Å². The number of nitrogens with zero attached hydrogens (tertiary/aromatic N) is 2. The molecule has 0 aliphatic carbocycles. The molecule has 0 spiro atoms. The molecule has 0 saturated heterocycles. The molecule has 0 aromatic heterocycles. The second kappa shape index (κ2) is 13.9. The number of hydrogen-bond donors (Lipinski definition) is 1. The summed E-state index contributed by atoms with van der Waals surface area (Å²) in [6, 6.07) is 20.3. The average molecular weight is 570 g/mol. The van der Waals surface area contributed by atoms with E-state index in [-0.39, 0.29) is 30.6 Å². The van der Waals surface area contributed by atoms with E-state index in [1.54, 1.807) is 31.2 Å². The number of carbonyl (C=O) groups excluding carboxylic acids is 2. The van der Waals surface area contributed by atoms with E-state index in [1.807, 2.05) is 44.2 Å². The van der Waals surface area contributed by atoms with Gasteiger partial charge in [0.05, 0.1) is 18.6 Å². The van der Waals surface area contributed by atoms with E-state index in [4.69, 9.17) is 4.74 Å². The second-order valence-corrected chi connectivity index (χ2v) is 11.6. The Bertz CT molecular complexity index is 1380. The first-order valence-electron chi connectivity index (χ1n) is 13.1. The van der Waals surface area contributed by atoms with Crippen LogP contribution in [-0.2, 0) is 32.6 Å². The fourth-order valence-corrected chi connectivity index (χ4v) is 5.11. The summed E-state index contributed by atoms with van der Waals surface area (Å²) in [5.41, 5.74) is 1.63. The minimum atomic E-state index is -3.93. The number of carbonyl (C=O) groups is 2. The van der Waals surface area contributed by atoms with Gasteiger partial charge < -0.3 is 15.0 Å². The van der Waals surface area contributed by atoms with Gasteiger partial charge in [0.25, 0.3) is 0 Å². The number of amides is 2. The summed E-state index contributed by atoms with van der Waals surface area (Å²) in [5.74, 6) is -1.10. The lowest BCUT2D eigenvalue weighted by Gasteiger charge is -2.34. The fraction of sp³-hybridized carbons (Fsp3) is 0.333. The maximum absolute atomic E-state index is 14.1. The molecule has 3 rings (SSSR count). The van der Waals surface area contributed by atoms with Crippen LogP contribution in [0.3, 0.4) is 0 Å². The summed E-state index contributed by atoms with van der Waals surface area (Å²) in [7, 11) is -3.93. The van der Waals surface area contributed by atoms with Crippen molar-refractivity contribution in [2.24, 2.45) is 0 Å². The lowest BCUT2D eigenvalue weighted by atomic mass is 10.0. The second-order valence-electron chi connectivity index (χ2n) is 9.69. The van der Waals surface area contributed by atoms with Crippen LogP contribution in [-0.4, -0.2) is 56.6 Å². The first kappa shape index (κ1) is 30.6. The SMILES string of the molecule is CCOc1ccccc1N(CC(=O)N(Cc1ccc(F)cc1)[C@H](Cc1ccccc1)C(=O)NC(C)C)S(C)(=O)=O. The number of halogens is 1. The van der Waals surface area contributed by atoms with Gasteiger partial charge in [0, 0.05) is 19.0 Å². The Morgan fingerprint density at radius 2 is 1.55 bits per heavy atom. The predicted molar refractivity (Wildman–Crippen MR) is 154 cm³/mol. The third-order valence-corrected chi connectivity index (χ3v) is 7.21. The van der Waals surface area contributed by atoms with Crippen LogP contribution in [0.25, 0.3) is 0 Å². The number of hydrogen-bond acceptors (Lipinski definition) is 5. The topological polar surface area (TPSA) is 96.0 Å². The molecular formula is C30H36FN3O5S. The van der Waals surface area contributed by atoms with Gasteiger partial charge in [-0.15, -0.1) is 0 Å². The molecule has 10 heteroatoms. The molecule has 0 heterocycles. The molecule has 0 radical (unpaired) electrons. The van der Waals surface area contributed by atoms with Gasteiger partial charge in [-0.1, -0.05) is 54.6 Å². The summed E-state index contributed by atoms with van der Waals surface area (Å²) >= 11 is 0. The lowest BCUT2D eigenvalue weighted by Crippen LogP contribution is -2.54. The van der Waals surface area contributed by atoms with Gasteiger partial charge in [-0.05, 0) is 56.2 Å². The summed E-state index contributed by atoms with van der Waals surface area (Å²) < 4.78 is 46.2. The molecule has 0 aliphatic rings. The highest BCUT2D eigenvalue weighted by Crippen LogP contribution is 2.30. The van der Waals surface area contributed by atoms with Crippen molar-refractivity contribution in [2.75, 3.05) is 23.7 Å². The number of anilines is 1. The molecule has 1 atom stereocenters. The Morgan fingerprint density at radius 3 is 2.15 bits per heavy atom. The van der Waals surface area contributed by atoms with E-state index in [0.717, 1.165) is 16.1 Å². The highest BCUT2D eigenvalue weighted by atomic mass is 32.2. The van der Waals surface area contributed by atoms with Crippen molar-refractivity contribution in [2.45, 2.75) is 45.8 Å². The third-order valence-electron chi connectivity index (χ3n) is 6.08. The number of para-hydroxylation sites is 2. The molecule has 0 saturated carbocycles. The van der Waals surface area contributed by atoms with Gasteiger partial charge in [0.2, 0.25) is 21.8 Å². The highest BCUT2D eigenvalue weighted by molar-refractivity contribution is 7.92. The zero-order valence-electron chi connectivity index (χ0n) is 23.2. The van der Waals surface area contributed by atoms with E-state index in [9.17, 15) is 22.4 Å². The van der Waals surface area contributed by atoms with E-state index in [1.165, 1.54) is 29.2 Å². The summed E-state index contributed by atoms with van der Waals surface area (Å²) in [6.07, 6.45) is 1.21. The molecule has 0 aliphatic heterocycles. The Labute approximate surface area is 235 Å². The number of ether oxygens (including phenoxy) is 1. The lowest BCUT2D eigenvalue weighted by molar-refractivity contribution is -0.140. The van der Waals surface area contributed by atoms with Crippen molar-refractivity contribution in [3.8, 4) is 5.75 Å². The van der Waals surface area contributed by atoms with Crippen LogP contribution in [0.1, 0.15) is 31.9 Å². The monoisotopic (exact) mass is 569 g/mol. The molecular weight excluding hydrogens is 533 g/mol. The van der Waals surface area contributed by atoms with Gasteiger partial charge in [0.15, 0.2) is 0 Å². The first-order chi connectivity index (χ1) is 19.0. The number of rotatable bonds is 13. The van der Waals surface area contributed by atoms with Crippen LogP contribution in [0.4, 0.5) is 10.1 Å². The summed E-state index contributed by atoms with van der Waals surface area (Å²) in [5, 5.41) is 2.89. The van der Waals surface area contributed by atoms with Gasteiger partial charge in [-0.25, -0.2) is 12.8 Å². The number of benzene rings is 3. The zero-order valence-corrected chi connectivity index (χ0v) is 24.0. The van der Waals surface area contributed by atoms with E-state index < -0.39 is 34.3 Å². The molecule has 0 unspecified atom stereocenters. The molecule has 0 fully saturated rings. The molecule has 2 amide bonds. The Kier molecular flexibility index (Phi) is 10.7. The summed E-state index contributed by atoms with van der Waals surface area (Å²) in [4.78, 5) is 28.9. The molecule has 1 N–H and O–H groups in total. The molecule has 40 heavy (non-hydrogen) atoms. The van der Waals surface area contributed by atoms with Gasteiger partial charge in [-0.3, -0.25) is 13.9 Å². The minimum Gasteiger partial charge on any atom is -0.492 e. The van der Waals surface area contributed by atoms with Crippen LogP contribution in [0, 0.1) is 5.82 Å². The van der Waals surface area contributed by atoms with E-state index in [2.05, 4.69) is 5.32 Å². The van der Waals surface area contributed by atoms with Crippen molar-refractivity contribution < 1.29 is 27.1 Å². The van der Waals surface area contributed by atoms with Crippen molar-refractivity contribution in [3.05, 3.63) is 95.8 Å². The maximum Gasteiger partial charge on any atom is 0.244 e. The summed E-state index contributed by atoms with van der Waals surface area (Å²) in [6.45, 7) is 5.11. The minimum absolute atomic E-state index is 0.0349. The third kappa shape index (κ3) is 8.54. The van der Waals surface area contributed by atoms with Gasteiger partial charge >= 0.3 is 0 Å². The van der Waals surface area contributed by atoms with Gasteiger partial charge in [0.1, 0.15) is 24.2 Å². The Balaban J connectivity index is 2.07. The number of sulfonamides is 1. The molecule has 3 aromatic rings. The molecule has 0 bridgehead atoms. The van der Waals surface area contributed by atoms with Crippen LogP contribution in [0.15, 0.2) is 78.9 Å². The first-order valence-corrected chi connectivity index (χ1v) is 14.9. The van der Waals surface area contributed by atoms with E-state index in [0.29, 0.717) is 17.9 Å². The number of nitrogens with one attached hydrogen (secondary N) is 1. The molecule has 214 valence electrons. The normalized spacial score (nSPS) is 12.1. The van der Waals surface area contributed by atoms with Crippen LogP contribution >= 0.6 is 0 Å². The van der Waals surface area contributed by atoms with Crippen LogP contribution < -0.4 is 14.4 Å². The fourth-order valence-electron chi connectivity index (χ4n) is 4.26. The quantitative estimate of drug-likeness (QED) is 0.334. The maximum atomic E-state index is 14.1. The van der Waals surface area contributed by atoms with Crippen LogP contribution in [0.2, 0.25) is 0 Å². The van der Waals surface area contributed by atoms with Crippen molar-refractivity contribution in [1.82, 2.24) is 10.2 Å². The zero-order chi connectivity index (χ0) is 29.3. The highest BCUT2D eigenvalue weighted by Gasteiger charge is 2.34. The molecule has 8 nitrogen and oxygen atoms in total. The Hall–Kier alpha value is -3.92. The standard InChI is InChI=1S/C30H36FN3O5S/c1-5-39-28-14-10-9-13-26(28)34(40(4,37)38)21-29(35)33(20-24-15-17-25(31)18-16-24)27(30(36)32-22(2)3)19-23-11-7-6-8-12-23/h6-18,22,27H,5,19-21H2,1-4H3,(H,32,36)/t27-/m1/s1.